The summed E-state index contributed by atoms with van der Waals surface area (Å²) >= 11 is 6.09. The molecule has 0 spiro atoms. The molecule has 4 heteroatoms. The van der Waals surface area contributed by atoms with Gasteiger partial charge in [0, 0.05) is 12.2 Å². The van der Waals surface area contributed by atoms with Gasteiger partial charge in [-0.3, -0.25) is 0 Å². The minimum Gasteiger partial charge on any atom is -0.379 e. The fourth-order valence-electron chi connectivity index (χ4n) is 1.77. The molecule has 0 heterocycles. The monoisotopic (exact) mass is 265 g/mol. The van der Waals surface area contributed by atoms with Crippen molar-refractivity contribution >= 4 is 19.7 Å². The van der Waals surface area contributed by atoms with Crippen molar-refractivity contribution in [2.75, 3.05) is 0 Å². The van der Waals surface area contributed by atoms with Crippen LogP contribution in [0.5, 0.6) is 0 Å². The van der Waals surface area contributed by atoms with Gasteiger partial charge in [-0.2, -0.15) is 0 Å². The lowest BCUT2D eigenvalue weighted by atomic mass is 10.1. The smallest absolute Gasteiger partial charge is 0.379 e. The molecule has 0 N–H and O–H groups in total. The molecule has 0 fully saturated rings. The Labute approximate surface area is 107 Å². The van der Waals surface area contributed by atoms with Crippen molar-refractivity contribution in [1.82, 2.24) is 0 Å². The van der Waals surface area contributed by atoms with Gasteiger partial charge < -0.3 is 8.85 Å². The second-order valence-electron chi connectivity index (χ2n) is 5.35. The second-order valence-corrected chi connectivity index (χ2v) is 7.23. The maximum absolute atomic E-state index is 6.09. The predicted molar refractivity (Wildman–Crippen MR) is 71.6 cm³/mol. The highest BCUT2D eigenvalue weighted by molar-refractivity contribution is 6.99. The highest BCUT2D eigenvalue weighted by atomic mass is 35.6. The molecule has 0 saturated heterocycles. The highest BCUT2D eigenvalue weighted by Gasteiger charge is 2.20. The van der Waals surface area contributed by atoms with Gasteiger partial charge in [0.2, 0.25) is 0 Å². The maximum atomic E-state index is 6.09. The fraction of sp³-hybridized carbons (Fsp3) is 1.00. The summed E-state index contributed by atoms with van der Waals surface area (Å²) < 4.78 is 11.3. The average Bonchev–Trinajstić information content (AvgIpc) is 1.97. The van der Waals surface area contributed by atoms with Crippen LogP contribution in [0.15, 0.2) is 0 Å². The quantitative estimate of drug-likeness (QED) is 0.486. The van der Waals surface area contributed by atoms with Crippen LogP contribution in [0.1, 0.15) is 54.4 Å². The van der Waals surface area contributed by atoms with E-state index in [2.05, 4.69) is 41.5 Å². The number of halogens is 1. The van der Waals surface area contributed by atoms with Crippen molar-refractivity contribution < 1.29 is 8.85 Å². The van der Waals surface area contributed by atoms with Crippen LogP contribution >= 0.6 is 11.1 Å². The summed E-state index contributed by atoms with van der Waals surface area (Å²) in [6, 6.07) is 0. The molecule has 0 aromatic heterocycles. The Morgan fingerprint density at radius 3 is 1.38 bits per heavy atom. The molecule has 0 amide bonds. The molecular weight excluding hydrogens is 240 g/mol. The topological polar surface area (TPSA) is 18.5 Å². The number of hydrogen-bond acceptors (Lipinski definition) is 2. The van der Waals surface area contributed by atoms with Crippen molar-refractivity contribution in [3.63, 3.8) is 0 Å². The third kappa shape index (κ3) is 9.64. The summed E-state index contributed by atoms with van der Waals surface area (Å²) in [5.41, 5.74) is 0. The van der Waals surface area contributed by atoms with Gasteiger partial charge in [0.15, 0.2) is 0 Å². The van der Waals surface area contributed by atoms with Crippen LogP contribution in [-0.4, -0.2) is 20.8 Å². The van der Waals surface area contributed by atoms with Crippen LogP contribution in [0.4, 0.5) is 0 Å². The largest absolute Gasteiger partial charge is 0.506 e. The molecule has 2 nitrogen and oxygen atoms in total. The third-order valence-electron chi connectivity index (χ3n) is 2.19. The van der Waals surface area contributed by atoms with E-state index in [4.69, 9.17) is 19.9 Å². The van der Waals surface area contributed by atoms with Crippen molar-refractivity contribution in [3.8, 4) is 0 Å². The summed E-state index contributed by atoms with van der Waals surface area (Å²) in [4.78, 5) is 0. The van der Waals surface area contributed by atoms with Gasteiger partial charge in [0.25, 0.3) is 0 Å². The Morgan fingerprint density at radius 2 is 1.12 bits per heavy atom. The summed E-state index contributed by atoms with van der Waals surface area (Å²) in [7, 11) is -1.61. The summed E-state index contributed by atoms with van der Waals surface area (Å²) in [6.45, 7) is 12.9. The molecule has 0 rings (SSSR count). The lowest BCUT2D eigenvalue weighted by molar-refractivity contribution is 0.107. The standard InChI is InChI=1S/C12H26ClO2Si/c1-9(2)7-11(5)14-16(13)15-12(6)8-10(3)4/h9-12H,7-8H2,1-6H3. The molecule has 0 saturated carbocycles. The molecule has 16 heavy (non-hydrogen) atoms. The molecule has 0 aliphatic carbocycles. The van der Waals surface area contributed by atoms with E-state index < -0.39 is 8.59 Å². The molecule has 97 valence electrons. The van der Waals surface area contributed by atoms with Crippen LogP contribution in [0, 0.1) is 11.8 Å². The first kappa shape index (κ1) is 16.4. The van der Waals surface area contributed by atoms with E-state index in [1.165, 1.54) is 0 Å². The van der Waals surface area contributed by atoms with Crippen LogP contribution in [-0.2, 0) is 8.85 Å². The van der Waals surface area contributed by atoms with Crippen molar-refractivity contribution in [2.45, 2.75) is 66.6 Å². The highest BCUT2D eigenvalue weighted by Crippen LogP contribution is 2.14. The normalized spacial score (nSPS) is 16.1. The molecule has 0 aromatic rings. The SMILES string of the molecule is CC(C)CC(C)O[Si](Cl)OC(C)CC(C)C. The Balaban J connectivity index is 3.75. The minimum atomic E-state index is -1.61. The van der Waals surface area contributed by atoms with Gasteiger partial charge in [-0.15, -0.1) is 0 Å². The predicted octanol–water partition coefficient (Wildman–Crippen LogP) is 4.11. The molecule has 2 unspecified atom stereocenters. The Bertz CT molecular complexity index is 158. The van der Waals surface area contributed by atoms with Gasteiger partial charge in [-0.05, 0) is 38.5 Å². The van der Waals surface area contributed by atoms with E-state index in [1.807, 2.05) is 0 Å². The van der Waals surface area contributed by atoms with Crippen molar-refractivity contribution in [1.29, 1.82) is 0 Å². The molecule has 0 aliphatic heterocycles. The summed E-state index contributed by atoms with van der Waals surface area (Å²) in [5, 5.41) is 0. The molecule has 0 aliphatic rings. The first-order valence-electron chi connectivity index (χ1n) is 6.17. The second kappa shape index (κ2) is 8.51. The van der Waals surface area contributed by atoms with Gasteiger partial charge in [0.1, 0.15) is 0 Å². The third-order valence-corrected chi connectivity index (χ3v) is 3.90. The van der Waals surface area contributed by atoms with E-state index >= 15 is 0 Å². The fourth-order valence-corrected chi connectivity index (χ4v) is 3.56. The van der Waals surface area contributed by atoms with Gasteiger partial charge in [-0.1, -0.05) is 38.8 Å². The van der Waals surface area contributed by atoms with Crippen LogP contribution in [0.25, 0.3) is 0 Å². The Kier molecular flexibility index (Phi) is 8.73. The van der Waals surface area contributed by atoms with Crippen LogP contribution in [0.2, 0.25) is 0 Å². The minimum absolute atomic E-state index is 0.192. The van der Waals surface area contributed by atoms with Crippen LogP contribution in [0.3, 0.4) is 0 Å². The molecule has 2 atom stereocenters. The van der Waals surface area contributed by atoms with E-state index in [1.54, 1.807) is 0 Å². The first-order valence-corrected chi connectivity index (χ1v) is 8.49. The summed E-state index contributed by atoms with van der Waals surface area (Å²) in [6.07, 6.45) is 2.45. The number of hydrogen-bond donors (Lipinski definition) is 0. The molecule has 1 radical (unpaired) electrons. The lowest BCUT2D eigenvalue weighted by Gasteiger charge is -2.21. The van der Waals surface area contributed by atoms with Crippen molar-refractivity contribution in [2.24, 2.45) is 11.8 Å². The Hall–Kier alpha value is 0.427. The lowest BCUT2D eigenvalue weighted by Crippen LogP contribution is -2.28. The van der Waals surface area contributed by atoms with Gasteiger partial charge in [0.05, 0.1) is 0 Å². The summed E-state index contributed by atoms with van der Waals surface area (Å²) in [5.74, 6) is 1.27. The average molecular weight is 266 g/mol. The Morgan fingerprint density at radius 1 is 0.812 bits per heavy atom. The van der Waals surface area contributed by atoms with E-state index in [9.17, 15) is 0 Å². The zero-order chi connectivity index (χ0) is 12.7. The zero-order valence-electron chi connectivity index (χ0n) is 11.4. The van der Waals surface area contributed by atoms with E-state index in [-0.39, 0.29) is 12.2 Å². The molecule has 0 aromatic carbocycles. The number of rotatable bonds is 8. The van der Waals surface area contributed by atoms with E-state index in [0.29, 0.717) is 11.8 Å². The maximum Gasteiger partial charge on any atom is 0.506 e. The molecule has 0 bridgehead atoms. The van der Waals surface area contributed by atoms with Crippen molar-refractivity contribution in [3.05, 3.63) is 0 Å². The first-order chi connectivity index (χ1) is 7.31. The van der Waals surface area contributed by atoms with E-state index in [0.717, 1.165) is 12.8 Å². The zero-order valence-corrected chi connectivity index (χ0v) is 13.2. The van der Waals surface area contributed by atoms with Crippen LogP contribution < -0.4 is 0 Å². The molecular formula is C12H26ClO2Si. The van der Waals surface area contributed by atoms with Gasteiger partial charge in [-0.25, -0.2) is 0 Å². The van der Waals surface area contributed by atoms with Gasteiger partial charge >= 0.3 is 8.59 Å².